The van der Waals surface area contributed by atoms with Crippen LogP contribution in [0.1, 0.15) is 181 Å². The van der Waals surface area contributed by atoms with E-state index in [9.17, 15) is 18.8 Å². The molecule has 0 aromatic heterocycles. The maximum absolute atomic E-state index is 13.1. The van der Waals surface area contributed by atoms with E-state index in [1.807, 2.05) is 103 Å². The van der Waals surface area contributed by atoms with Crippen LogP contribution in [0.3, 0.4) is 0 Å². The summed E-state index contributed by atoms with van der Waals surface area (Å²) in [4.78, 5) is 49.7. The van der Waals surface area contributed by atoms with Gasteiger partial charge in [0, 0.05) is 99.6 Å². The van der Waals surface area contributed by atoms with Gasteiger partial charge in [-0.15, -0.1) is 0 Å². The molecule has 3 N–H and O–H groups in total. The molecule has 4 heterocycles. The fraction of sp³-hybridized carbons (Fsp3) is 0.310. The molecule has 96 heavy (non-hydrogen) atoms. The van der Waals surface area contributed by atoms with Gasteiger partial charge in [-0.1, -0.05) is 166 Å². The lowest BCUT2D eigenvalue weighted by Crippen LogP contribution is -3.00. The van der Waals surface area contributed by atoms with Crippen molar-refractivity contribution in [1.29, 1.82) is 0 Å². The van der Waals surface area contributed by atoms with Gasteiger partial charge in [-0.2, -0.15) is 0 Å². The molecule has 0 amide bonds. The molecule has 3 atom stereocenters. The highest BCUT2D eigenvalue weighted by Gasteiger charge is 2.62. The molecule has 9 aromatic carbocycles. The van der Waals surface area contributed by atoms with Crippen LogP contribution in [0.2, 0.25) is 0 Å². The molecule has 15 rings (SSSR count). The first kappa shape index (κ1) is 73.2. The lowest BCUT2D eigenvalue weighted by atomic mass is 9.71. The second kappa shape index (κ2) is 30.4. The Hall–Kier alpha value is -7.02. The van der Waals surface area contributed by atoms with Crippen molar-refractivity contribution >= 4 is 51.6 Å². The van der Waals surface area contributed by atoms with Crippen molar-refractivity contribution in [3.8, 4) is 0 Å². The van der Waals surface area contributed by atoms with E-state index in [0.29, 0.717) is 16.9 Å². The van der Waals surface area contributed by atoms with E-state index < -0.39 is 0 Å². The van der Waals surface area contributed by atoms with Crippen molar-refractivity contribution in [2.45, 2.75) is 136 Å². The van der Waals surface area contributed by atoms with Crippen LogP contribution in [0.4, 0.5) is 10.1 Å². The Morgan fingerprint density at radius 3 is 1.39 bits per heavy atom. The van der Waals surface area contributed by atoms with Crippen molar-refractivity contribution in [3.63, 3.8) is 0 Å². The minimum atomic E-state index is -0.186. The third-order valence-electron chi connectivity index (χ3n) is 21.0. The number of ketones is 1. The summed E-state index contributed by atoms with van der Waals surface area (Å²) in [5, 5.41) is 2.09. The topological polar surface area (TPSA) is 106 Å². The molecule has 2 saturated carbocycles. The molecule has 12 heteroatoms. The molecule has 1 saturated heterocycles. The first-order chi connectivity index (χ1) is 44.6. The molecule has 2 bridgehead atoms. The van der Waals surface area contributed by atoms with E-state index in [2.05, 4.69) is 179 Å². The van der Waals surface area contributed by atoms with Gasteiger partial charge in [0.05, 0.1) is 41.5 Å². The number of nitrogens with zero attached hydrogens (tertiary/aromatic N) is 1. The quantitative estimate of drug-likeness (QED) is 0.0740. The van der Waals surface area contributed by atoms with Gasteiger partial charge >= 0.3 is 5.97 Å². The number of ether oxygens (including phenoxy) is 1. The van der Waals surface area contributed by atoms with E-state index in [1.54, 1.807) is 0 Å². The van der Waals surface area contributed by atoms with E-state index in [-0.39, 0.29) is 118 Å². The Bertz CT molecular complexity index is 4350. The van der Waals surface area contributed by atoms with Gasteiger partial charge in [0.15, 0.2) is 39.5 Å². The molecular weight excluding hydrogens is 1530 g/mol. The Morgan fingerprint density at radius 2 is 0.938 bits per heavy atom. The summed E-state index contributed by atoms with van der Waals surface area (Å²) >= 11 is 0. The van der Waals surface area contributed by atoms with Crippen LogP contribution in [-0.4, -0.2) is 54.4 Å². The van der Waals surface area contributed by atoms with Crippen molar-refractivity contribution in [2.75, 3.05) is 18.0 Å². The fourth-order valence-electron chi connectivity index (χ4n) is 15.4. The third kappa shape index (κ3) is 15.6. The molecule has 8 nitrogen and oxygen atoms in total. The van der Waals surface area contributed by atoms with E-state index in [0.717, 1.165) is 78.1 Å². The van der Waals surface area contributed by atoms with Crippen LogP contribution < -0.4 is 91.8 Å². The molecule has 0 spiro atoms. The number of fused-ring (bicyclic) bond motifs is 6. The number of rotatable bonds is 12. The van der Waals surface area contributed by atoms with Crippen LogP contribution in [0.25, 0.3) is 10.8 Å². The molecule has 4 aliphatic heterocycles. The minimum absolute atomic E-state index is 0. The summed E-state index contributed by atoms with van der Waals surface area (Å²) in [6.07, 6.45) is 9.38. The minimum Gasteiger partial charge on any atom is -1.00 e. The van der Waals surface area contributed by atoms with Crippen LogP contribution in [0.5, 0.6) is 0 Å². The second-order valence-corrected chi connectivity index (χ2v) is 28.7. The van der Waals surface area contributed by atoms with Gasteiger partial charge in [-0.3, -0.25) is 9.59 Å². The lowest BCUT2D eigenvalue weighted by molar-refractivity contribution is -0.549. The Morgan fingerprint density at radius 1 is 0.510 bits per heavy atom. The van der Waals surface area contributed by atoms with Gasteiger partial charge in [-0.25, -0.2) is 24.2 Å². The van der Waals surface area contributed by atoms with Crippen LogP contribution in [-0.2, 0) is 40.6 Å². The number of halogens is 4. The predicted molar refractivity (Wildman–Crippen MR) is 373 cm³/mol. The predicted octanol–water partition coefficient (Wildman–Crippen LogP) is 4.15. The number of carbonyl (C=O) groups excluding carboxylic acids is 3. The smallest absolute Gasteiger partial charge is 0.338 e. The Kier molecular flexibility index (Phi) is 23.2. The average molecular weight is 1620 g/mol. The zero-order valence-corrected chi connectivity index (χ0v) is 63.1. The maximum atomic E-state index is 13.1. The highest BCUT2D eigenvalue weighted by Crippen LogP contribution is 2.66. The second-order valence-electron chi connectivity index (χ2n) is 28.7. The summed E-state index contributed by atoms with van der Waals surface area (Å²) < 4.78 is 19.0. The SMILES string of the molecule is CC1(C)[NH+]=C(Cc2ccc(C(=O)OC3CC4(C)CCC3C4(C)C)cc2)c2ccccc21.CC1(C)[NH+]=C(Cc2ccc(C(=O)c3cccc4ccccc34)cc2)c2ccccc21.CC1(C)[NH+]=C(Cc2ccc(F)cc2)c2ccccc21.O=Cc1ccc(N2CCCC2)cc1.[I-].[I-].[I-]. The zero-order chi connectivity index (χ0) is 65.3. The molecule has 6 aliphatic rings. The molecule has 496 valence electrons. The van der Waals surface area contributed by atoms with Crippen LogP contribution in [0.15, 0.2) is 212 Å². The van der Waals surface area contributed by atoms with Gasteiger partial charge in [-0.05, 0) is 137 Å². The molecule has 2 aliphatic carbocycles. The van der Waals surface area contributed by atoms with E-state index in [4.69, 9.17) is 4.74 Å². The summed E-state index contributed by atoms with van der Waals surface area (Å²) in [6.45, 7) is 22.6. The largest absolute Gasteiger partial charge is 1.00 e. The standard InChI is InChI=1S/C28H33NO2.C28H23NO.C17H16FN.C11H13NO.3HI/c1-26(2)22-14-15-28(26,5)17-24(22)31-25(30)19-12-10-18(11-13-19)16-23-20-8-6-7-9-21(20)27(3,4)29-23;1-28(2)25-13-6-5-11-24(25)26(29-28)18-19-14-16-21(17-15-19)27(30)23-12-7-9-20-8-3-4-10-22(20)23;1-17(2)15-6-4-3-5-14(15)16(19-17)11-12-7-9-13(18)10-8-12;13-9-10-3-5-11(6-4-10)12-7-1-2-8-12;;;/h6-13,22,24H,14-17H2,1-5H3;3-17H,18H2,1-2H3;3-10H,11H2,1-2H3;3-6,9H,1-2,7-8H2;3*1H. The van der Waals surface area contributed by atoms with Crippen LogP contribution in [0, 0.1) is 22.6 Å². The van der Waals surface area contributed by atoms with E-state index in [1.165, 1.54) is 105 Å². The van der Waals surface area contributed by atoms with Gasteiger partial charge in [0.2, 0.25) is 0 Å². The highest BCUT2D eigenvalue weighted by atomic mass is 127. The monoisotopic (exact) mass is 1620 g/mol. The number of aldehydes is 1. The lowest BCUT2D eigenvalue weighted by Gasteiger charge is -2.33. The normalized spacial score (nSPS) is 19.4. The maximum Gasteiger partial charge on any atom is 0.338 e. The van der Waals surface area contributed by atoms with E-state index >= 15 is 0 Å². The number of anilines is 1. The van der Waals surface area contributed by atoms with Crippen molar-refractivity contribution in [2.24, 2.45) is 16.7 Å². The summed E-state index contributed by atoms with van der Waals surface area (Å²) in [5.41, 5.74) is 19.6. The van der Waals surface area contributed by atoms with Crippen molar-refractivity contribution in [1.82, 2.24) is 0 Å². The first-order valence-corrected chi connectivity index (χ1v) is 33.3. The molecule has 3 fully saturated rings. The summed E-state index contributed by atoms with van der Waals surface area (Å²) in [7, 11) is 0. The highest BCUT2D eigenvalue weighted by molar-refractivity contribution is 6.16. The Labute approximate surface area is 618 Å². The zero-order valence-electron chi connectivity index (χ0n) is 56.6. The first-order valence-electron chi connectivity index (χ1n) is 33.3. The van der Waals surface area contributed by atoms with Gasteiger partial charge in [0.25, 0.3) is 0 Å². The van der Waals surface area contributed by atoms with Crippen LogP contribution >= 0.6 is 0 Å². The number of hydrogen-bond donors (Lipinski definition) is 3. The summed E-state index contributed by atoms with van der Waals surface area (Å²) in [6, 6.07) is 70.1. The number of benzene rings is 9. The number of hydrogen-bond acceptors (Lipinski definition) is 5. The molecule has 0 radical (unpaired) electrons. The van der Waals surface area contributed by atoms with Crippen molar-refractivity contribution in [3.05, 3.63) is 290 Å². The average Bonchev–Trinajstić information content (AvgIpc) is 1.55. The summed E-state index contributed by atoms with van der Waals surface area (Å²) in [5.74, 6) is 0.181. The van der Waals surface area contributed by atoms with Crippen molar-refractivity contribution < 1.29 is 110 Å². The van der Waals surface area contributed by atoms with Gasteiger partial charge in [0.1, 0.15) is 18.2 Å². The third-order valence-corrected chi connectivity index (χ3v) is 21.0. The Balaban J connectivity index is 0.000000155. The number of nitrogens with one attached hydrogen (secondary N) is 3. The number of carbonyl (C=O) groups is 3. The molecular formula is C84H88FI3N4O4. The molecule has 9 aromatic rings. The van der Waals surface area contributed by atoms with Gasteiger partial charge < -0.3 is 81.6 Å². The fourth-order valence-corrected chi connectivity index (χ4v) is 15.4. The number of esters is 1. The molecule has 3 unspecified atom stereocenters.